The molecule has 0 aliphatic carbocycles. The molecule has 0 radical (unpaired) electrons. The lowest BCUT2D eigenvalue weighted by Gasteiger charge is -2.26. The van der Waals surface area contributed by atoms with Crippen molar-refractivity contribution in [3.8, 4) is 11.8 Å². The molecule has 0 saturated heterocycles. The van der Waals surface area contributed by atoms with Gasteiger partial charge in [0, 0.05) is 18.0 Å². The number of fused-ring (bicyclic) bond motifs is 1. The fraction of sp³-hybridized carbons (Fsp3) is 0.312. The molecule has 3 heterocycles. The van der Waals surface area contributed by atoms with Gasteiger partial charge in [-0.1, -0.05) is 11.8 Å². The Labute approximate surface area is 131 Å². The molecular weight excluding hydrogens is 302 g/mol. The van der Waals surface area contributed by atoms with Gasteiger partial charge in [-0.3, -0.25) is 4.79 Å². The summed E-state index contributed by atoms with van der Waals surface area (Å²) in [6, 6.07) is 4.01. The molecule has 3 nitrogen and oxygen atoms in total. The molecule has 0 spiro atoms. The van der Waals surface area contributed by atoms with Gasteiger partial charge in [-0.05, 0) is 42.0 Å². The molecule has 1 amide bonds. The van der Waals surface area contributed by atoms with E-state index in [1.165, 1.54) is 21.8 Å². The quantitative estimate of drug-likeness (QED) is 0.822. The Morgan fingerprint density at radius 1 is 1.52 bits per heavy atom. The number of aryl methyl sites for hydroxylation is 1. The van der Waals surface area contributed by atoms with E-state index in [1.54, 1.807) is 11.3 Å². The zero-order valence-electron chi connectivity index (χ0n) is 11.7. The molecule has 2 aromatic heterocycles. The maximum atomic E-state index is 12.6. The van der Waals surface area contributed by atoms with Crippen molar-refractivity contribution in [2.75, 3.05) is 13.2 Å². The monoisotopic (exact) mass is 317 g/mol. The van der Waals surface area contributed by atoms with Gasteiger partial charge < -0.3 is 10.0 Å². The SMILES string of the molecule is Cc1cc(C(=O)N2CCc3sccc3C2)sc1C#CCO. The van der Waals surface area contributed by atoms with Crippen molar-refractivity contribution in [3.05, 3.63) is 43.3 Å². The second-order valence-corrected chi connectivity index (χ2v) is 6.98. The van der Waals surface area contributed by atoms with Crippen LogP contribution in [0.15, 0.2) is 17.5 Å². The van der Waals surface area contributed by atoms with Crippen LogP contribution in [0.5, 0.6) is 0 Å². The predicted molar refractivity (Wildman–Crippen MR) is 85.8 cm³/mol. The van der Waals surface area contributed by atoms with Crippen LogP contribution in [0, 0.1) is 18.8 Å². The zero-order valence-corrected chi connectivity index (χ0v) is 13.3. The van der Waals surface area contributed by atoms with E-state index in [4.69, 9.17) is 5.11 Å². The third-order valence-electron chi connectivity index (χ3n) is 3.50. The van der Waals surface area contributed by atoms with E-state index in [9.17, 15) is 4.79 Å². The molecule has 108 valence electrons. The fourth-order valence-electron chi connectivity index (χ4n) is 2.41. The Morgan fingerprint density at radius 3 is 3.19 bits per heavy atom. The second kappa shape index (κ2) is 6.02. The molecule has 1 aliphatic heterocycles. The van der Waals surface area contributed by atoms with Crippen LogP contribution >= 0.6 is 22.7 Å². The number of carbonyl (C=O) groups is 1. The first-order valence-electron chi connectivity index (χ1n) is 6.73. The van der Waals surface area contributed by atoms with Gasteiger partial charge in [0.15, 0.2) is 0 Å². The molecule has 3 rings (SSSR count). The van der Waals surface area contributed by atoms with Crippen LogP contribution in [0.2, 0.25) is 0 Å². The standard InChI is InChI=1S/C16H15NO2S2/c1-11-9-15(21-13(11)3-2-7-18)16(19)17-6-4-14-12(10-17)5-8-20-14/h5,8-9,18H,4,6-7,10H2,1H3. The van der Waals surface area contributed by atoms with Crippen molar-refractivity contribution in [1.29, 1.82) is 0 Å². The summed E-state index contributed by atoms with van der Waals surface area (Å²) in [5.41, 5.74) is 2.27. The van der Waals surface area contributed by atoms with E-state index in [2.05, 4.69) is 23.3 Å². The molecule has 0 unspecified atom stereocenters. The van der Waals surface area contributed by atoms with Crippen LogP contribution in [0.3, 0.4) is 0 Å². The third kappa shape index (κ3) is 2.88. The molecular formula is C16H15NO2S2. The van der Waals surface area contributed by atoms with E-state index >= 15 is 0 Å². The number of nitrogens with zero attached hydrogens (tertiary/aromatic N) is 1. The molecule has 0 fully saturated rings. The van der Waals surface area contributed by atoms with E-state index in [-0.39, 0.29) is 12.5 Å². The number of amides is 1. The highest BCUT2D eigenvalue weighted by Gasteiger charge is 2.24. The summed E-state index contributed by atoms with van der Waals surface area (Å²) in [6.07, 6.45) is 0.945. The van der Waals surface area contributed by atoms with Crippen LogP contribution < -0.4 is 0 Å². The number of thiophene rings is 2. The van der Waals surface area contributed by atoms with Gasteiger partial charge in [-0.15, -0.1) is 22.7 Å². The minimum Gasteiger partial charge on any atom is -0.384 e. The van der Waals surface area contributed by atoms with Gasteiger partial charge in [-0.2, -0.15) is 0 Å². The van der Waals surface area contributed by atoms with Gasteiger partial charge in [0.2, 0.25) is 0 Å². The summed E-state index contributed by atoms with van der Waals surface area (Å²) in [7, 11) is 0. The minimum atomic E-state index is -0.159. The summed E-state index contributed by atoms with van der Waals surface area (Å²) in [5, 5.41) is 10.9. The van der Waals surface area contributed by atoms with Gasteiger partial charge in [-0.25, -0.2) is 0 Å². The van der Waals surface area contributed by atoms with Crippen LogP contribution in [0.25, 0.3) is 0 Å². The number of aliphatic hydroxyl groups is 1. The molecule has 0 atom stereocenters. The number of hydrogen-bond donors (Lipinski definition) is 1. The average Bonchev–Trinajstić information content (AvgIpc) is 3.10. The molecule has 2 aromatic rings. The normalized spacial score (nSPS) is 13.5. The van der Waals surface area contributed by atoms with Crippen molar-refractivity contribution >= 4 is 28.6 Å². The Hall–Kier alpha value is -1.61. The highest BCUT2D eigenvalue weighted by molar-refractivity contribution is 7.14. The first-order valence-corrected chi connectivity index (χ1v) is 8.43. The second-order valence-electron chi connectivity index (χ2n) is 4.93. The average molecular weight is 317 g/mol. The fourth-order valence-corrected chi connectivity index (χ4v) is 4.31. The van der Waals surface area contributed by atoms with Gasteiger partial charge in [0.25, 0.3) is 5.91 Å². The van der Waals surface area contributed by atoms with Crippen molar-refractivity contribution in [3.63, 3.8) is 0 Å². The lowest BCUT2D eigenvalue weighted by molar-refractivity contribution is 0.0740. The molecule has 21 heavy (non-hydrogen) atoms. The van der Waals surface area contributed by atoms with E-state index in [0.29, 0.717) is 6.54 Å². The summed E-state index contributed by atoms with van der Waals surface area (Å²) in [4.78, 5) is 17.5. The highest BCUT2D eigenvalue weighted by atomic mass is 32.1. The topological polar surface area (TPSA) is 40.5 Å². The van der Waals surface area contributed by atoms with Gasteiger partial charge in [0.05, 0.1) is 9.75 Å². The first kappa shape index (κ1) is 14.3. The Kier molecular flexibility index (Phi) is 4.11. The van der Waals surface area contributed by atoms with Crippen molar-refractivity contribution in [2.45, 2.75) is 19.9 Å². The maximum Gasteiger partial charge on any atom is 0.264 e. The molecule has 0 saturated carbocycles. The number of aliphatic hydroxyl groups excluding tert-OH is 1. The summed E-state index contributed by atoms with van der Waals surface area (Å²) in [5.74, 6) is 5.62. The van der Waals surface area contributed by atoms with Crippen molar-refractivity contribution < 1.29 is 9.90 Å². The molecule has 0 bridgehead atoms. The summed E-state index contributed by atoms with van der Waals surface area (Å²) < 4.78 is 0. The molecule has 0 aromatic carbocycles. The molecule has 1 N–H and O–H groups in total. The van der Waals surface area contributed by atoms with E-state index < -0.39 is 0 Å². The molecule has 1 aliphatic rings. The van der Waals surface area contributed by atoms with Crippen molar-refractivity contribution in [1.82, 2.24) is 4.90 Å². The smallest absolute Gasteiger partial charge is 0.264 e. The number of carbonyl (C=O) groups excluding carboxylic acids is 1. The lowest BCUT2D eigenvalue weighted by Crippen LogP contribution is -2.34. The van der Waals surface area contributed by atoms with Crippen molar-refractivity contribution in [2.24, 2.45) is 0 Å². The van der Waals surface area contributed by atoms with Crippen LogP contribution in [0.1, 0.15) is 30.6 Å². The Balaban J connectivity index is 1.80. The lowest BCUT2D eigenvalue weighted by atomic mass is 10.1. The van der Waals surface area contributed by atoms with Gasteiger partial charge in [0.1, 0.15) is 6.61 Å². The summed E-state index contributed by atoms with van der Waals surface area (Å²) in [6.45, 7) is 3.27. The number of rotatable bonds is 1. The first-order chi connectivity index (χ1) is 10.2. The largest absolute Gasteiger partial charge is 0.384 e. The Morgan fingerprint density at radius 2 is 2.38 bits per heavy atom. The third-order valence-corrected chi connectivity index (χ3v) is 5.67. The van der Waals surface area contributed by atoms with Crippen LogP contribution in [-0.2, 0) is 13.0 Å². The molecule has 5 heteroatoms. The van der Waals surface area contributed by atoms with Gasteiger partial charge >= 0.3 is 0 Å². The number of hydrogen-bond acceptors (Lipinski definition) is 4. The maximum absolute atomic E-state index is 12.6. The Bertz CT molecular complexity index is 733. The van der Waals surface area contributed by atoms with Crippen LogP contribution in [0.4, 0.5) is 0 Å². The zero-order chi connectivity index (χ0) is 14.8. The summed E-state index contributed by atoms with van der Waals surface area (Å²) >= 11 is 3.18. The van der Waals surface area contributed by atoms with E-state index in [0.717, 1.165) is 28.3 Å². The van der Waals surface area contributed by atoms with Crippen LogP contribution in [-0.4, -0.2) is 29.1 Å². The highest BCUT2D eigenvalue weighted by Crippen LogP contribution is 2.27. The predicted octanol–water partition coefficient (Wildman–Crippen LogP) is 2.66. The minimum absolute atomic E-state index is 0.0806. The van der Waals surface area contributed by atoms with E-state index in [1.807, 2.05) is 17.9 Å².